The first-order chi connectivity index (χ1) is 16.8. The number of hydrogen-bond donors (Lipinski definition) is 0. The molecule has 0 N–H and O–H groups in total. The highest BCUT2D eigenvalue weighted by Crippen LogP contribution is 2.47. The van der Waals surface area contributed by atoms with Crippen molar-refractivity contribution in [3.8, 4) is 0 Å². The van der Waals surface area contributed by atoms with Gasteiger partial charge < -0.3 is 9.64 Å². The molecule has 2 aromatic rings. The molecule has 0 spiro atoms. The molecule has 2 amide bonds. The molecular formula is C29H34N2O4. The largest absolute Gasteiger partial charge is 0.459 e. The number of amides is 2. The van der Waals surface area contributed by atoms with Gasteiger partial charge in [-0.15, -0.1) is 0 Å². The zero-order chi connectivity index (χ0) is 24.7. The third kappa shape index (κ3) is 3.93. The minimum atomic E-state index is -1.47. The Morgan fingerprint density at radius 1 is 1.06 bits per heavy atom. The van der Waals surface area contributed by atoms with Crippen LogP contribution in [-0.2, 0) is 20.9 Å². The summed E-state index contributed by atoms with van der Waals surface area (Å²) in [6.07, 6.45) is 3.15. The third-order valence-electron chi connectivity index (χ3n) is 8.10. The Kier molecular flexibility index (Phi) is 6.16. The molecule has 2 heterocycles. The normalized spacial score (nSPS) is 28.2. The van der Waals surface area contributed by atoms with Gasteiger partial charge in [0.05, 0.1) is 11.3 Å². The van der Waals surface area contributed by atoms with Crippen LogP contribution >= 0.6 is 0 Å². The average Bonchev–Trinajstić information content (AvgIpc) is 3.20. The molecule has 35 heavy (non-hydrogen) atoms. The lowest BCUT2D eigenvalue weighted by Crippen LogP contribution is -2.68. The maximum absolute atomic E-state index is 14.2. The summed E-state index contributed by atoms with van der Waals surface area (Å²) in [5.74, 6) is 0.240. The summed E-state index contributed by atoms with van der Waals surface area (Å²) >= 11 is 0. The molecule has 0 aromatic heterocycles. The van der Waals surface area contributed by atoms with E-state index in [1.165, 1.54) is 0 Å². The van der Waals surface area contributed by atoms with Crippen LogP contribution in [0, 0.1) is 17.8 Å². The molecule has 4 atom stereocenters. The number of carbonyl (C=O) groups excluding carboxylic acids is 3. The molecule has 3 aliphatic rings. The number of ether oxygens (including phenoxy) is 1. The van der Waals surface area contributed by atoms with E-state index in [2.05, 4.69) is 20.8 Å². The van der Waals surface area contributed by atoms with Gasteiger partial charge in [0.2, 0.25) is 11.6 Å². The number of benzene rings is 2. The molecule has 2 aliphatic heterocycles. The van der Waals surface area contributed by atoms with Crippen molar-refractivity contribution in [3.05, 3.63) is 65.7 Å². The number of carbonyl (C=O) groups is 3. The quantitative estimate of drug-likeness (QED) is 0.561. The van der Waals surface area contributed by atoms with Gasteiger partial charge in [-0.1, -0.05) is 69.7 Å². The molecule has 5 rings (SSSR count). The second-order valence-corrected chi connectivity index (χ2v) is 10.7. The standard InChI is InChI=1S/C29H34N2O4/c1-19(2)22-14-13-20(3)17-25(22)35-28(34)29-16-15-26(32)31(29)24-12-8-7-11-23(24)27(33)30(29)18-21-9-5-4-6-10-21/h4-12,19-20,22,25H,13-18H2,1-3H3/t20-,22-,25+,29+/m1/s1. The van der Waals surface area contributed by atoms with Crippen LogP contribution in [0.1, 0.15) is 68.8 Å². The van der Waals surface area contributed by atoms with Crippen molar-refractivity contribution in [3.63, 3.8) is 0 Å². The maximum atomic E-state index is 14.2. The topological polar surface area (TPSA) is 66.9 Å². The Labute approximate surface area is 207 Å². The Morgan fingerprint density at radius 2 is 1.77 bits per heavy atom. The number of rotatable bonds is 5. The summed E-state index contributed by atoms with van der Waals surface area (Å²) in [5.41, 5.74) is 0.366. The van der Waals surface area contributed by atoms with Crippen molar-refractivity contribution < 1.29 is 19.1 Å². The highest BCUT2D eigenvalue weighted by Gasteiger charge is 2.62. The van der Waals surface area contributed by atoms with Crippen LogP contribution in [0.15, 0.2) is 54.6 Å². The second-order valence-electron chi connectivity index (χ2n) is 10.7. The van der Waals surface area contributed by atoms with Crippen molar-refractivity contribution in [1.29, 1.82) is 0 Å². The van der Waals surface area contributed by atoms with Crippen LogP contribution in [0.5, 0.6) is 0 Å². The Balaban J connectivity index is 1.58. The number of esters is 1. The third-order valence-corrected chi connectivity index (χ3v) is 8.10. The Morgan fingerprint density at radius 3 is 2.51 bits per heavy atom. The summed E-state index contributed by atoms with van der Waals surface area (Å²) in [6, 6.07) is 16.7. The highest BCUT2D eigenvalue weighted by atomic mass is 16.5. The van der Waals surface area contributed by atoms with Gasteiger partial charge in [-0.05, 0) is 48.3 Å². The molecule has 2 fully saturated rings. The predicted octanol–water partition coefficient (Wildman–Crippen LogP) is 5.17. The monoisotopic (exact) mass is 474 g/mol. The maximum Gasteiger partial charge on any atom is 0.354 e. The molecule has 6 heteroatoms. The number of anilines is 1. The first kappa shape index (κ1) is 23.6. The minimum absolute atomic E-state index is 0.155. The molecule has 0 unspecified atom stereocenters. The fraction of sp³-hybridized carbons (Fsp3) is 0.483. The highest BCUT2D eigenvalue weighted by molar-refractivity contribution is 6.15. The number of hydrogen-bond acceptors (Lipinski definition) is 4. The number of para-hydroxylation sites is 1. The molecular weight excluding hydrogens is 440 g/mol. The molecule has 1 saturated carbocycles. The van der Waals surface area contributed by atoms with Crippen LogP contribution in [-0.4, -0.2) is 34.5 Å². The van der Waals surface area contributed by atoms with Gasteiger partial charge in [0, 0.05) is 19.4 Å². The van der Waals surface area contributed by atoms with Gasteiger partial charge in [-0.2, -0.15) is 0 Å². The number of nitrogens with zero attached hydrogens (tertiary/aromatic N) is 2. The van der Waals surface area contributed by atoms with Crippen LogP contribution in [0.3, 0.4) is 0 Å². The van der Waals surface area contributed by atoms with Crippen LogP contribution in [0.2, 0.25) is 0 Å². The van der Waals surface area contributed by atoms with Crippen molar-refractivity contribution in [2.45, 2.75) is 71.2 Å². The predicted molar refractivity (Wildman–Crippen MR) is 133 cm³/mol. The van der Waals surface area contributed by atoms with E-state index in [0.29, 0.717) is 23.1 Å². The van der Waals surface area contributed by atoms with Gasteiger partial charge in [0.25, 0.3) is 5.91 Å². The van der Waals surface area contributed by atoms with E-state index in [4.69, 9.17) is 4.74 Å². The van der Waals surface area contributed by atoms with Crippen LogP contribution in [0.25, 0.3) is 0 Å². The lowest BCUT2D eigenvalue weighted by atomic mass is 9.75. The molecule has 0 radical (unpaired) electrons. The summed E-state index contributed by atoms with van der Waals surface area (Å²) in [4.78, 5) is 44.5. The summed E-state index contributed by atoms with van der Waals surface area (Å²) in [6.45, 7) is 6.77. The van der Waals surface area contributed by atoms with E-state index in [1.807, 2.05) is 30.3 Å². The lowest BCUT2D eigenvalue weighted by Gasteiger charge is -2.49. The first-order valence-electron chi connectivity index (χ1n) is 12.8. The fourth-order valence-electron chi connectivity index (χ4n) is 6.22. The fourth-order valence-corrected chi connectivity index (χ4v) is 6.22. The van der Waals surface area contributed by atoms with Crippen LogP contribution in [0.4, 0.5) is 5.69 Å². The van der Waals surface area contributed by atoms with E-state index in [9.17, 15) is 14.4 Å². The van der Waals surface area contributed by atoms with E-state index in [0.717, 1.165) is 24.8 Å². The van der Waals surface area contributed by atoms with Crippen molar-refractivity contribution in [2.75, 3.05) is 4.90 Å². The molecule has 1 saturated heterocycles. The first-order valence-corrected chi connectivity index (χ1v) is 12.8. The Hall–Kier alpha value is -3.15. The molecule has 1 aliphatic carbocycles. The zero-order valence-electron chi connectivity index (χ0n) is 20.8. The van der Waals surface area contributed by atoms with Gasteiger partial charge in [0.1, 0.15) is 6.10 Å². The summed E-state index contributed by atoms with van der Waals surface area (Å²) in [5, 5.41) is 0. The second kappa shape index (κ2) is 9.14. The minimum Gasteiger partial charge on any atom is -0.459 e. The summed E-state index contributed by atoms with van der Waals surface area (Å²) in [7, 11) is 0. The lowest BCUT2D eigenvalue weighted by molar-refractivity contribution is -0.169. The molecule has 6 nitrogen and oxygen atoms in total. The van der Waals surface area contributed by atoms with Gasteiger partial charge in [-0.3, -0.25) is 14.5 Å². The van der Waals surface area contributed by atoms with Gasteiger partial charge >= 0.3 is 5.97 Å². The average molecular weight is 475 g/mol. The molecule has 0 bridgehead atoms. The van der Waals surface area contributed by atoms with Gasteiger partial charge in [0.15, 0.2) is 0 Å². The van der Waals surface area contributed by atoms with Crippen molar-refractivity contribution in [2.24, 2.45) is 17.8 Å². The molecule has 2 aromatic carbocycles. The zero-order valence-corrected chi connectivity index (χ0v) is 20.8. The Bertz CT molecular complexity index is 1130. The van der Waals surface area contributed by atoms with E-state index in [1.54, 1.807) is 34.1 Å². The van der Waals surface area contributed by atoms with E-state index in [-0.39, 0.29) is 43.2 Å². The number of fused-ring (bicyclic) bond motifs is 3. The SMILES string of the molecule is CC(C)[C@H]1CC[C@@H](C)C[C@@H]1OC(=O)[C@]12CCC(=O)N1c1ccccc1C(=O)N2Cc1ccccc1. The molecule has 184 valence electrons. The van der Waals surface area contributed by atoms with E-state index >= 15 is 0 Å². The van der Waals surface area contributed by atoms with E-state index < -0.39 is 11.6 Å². The van der Waals surface area contributed by atoms with Crippen LogP contribution < -0.4 is 4.90 Å². The van der Waals surface area contributed by atoms with Gasteiger partial charge in [-0.25, -0.2) is 4.79 Å². The van der Waals surface area contributed by atoms with Crippen molar-refractivity contribution in [1.82, 2.24) is 4.90 Å². The smallest absolute Gasteiger partial charge is 0.354 e. The summed E-state index contributed by atoms with van der Waals surface area (Å²) < 4.78 is 6.33. The van der Waals surface area contributed by atoms with Crippen molar-refractivity contribution >= 4 is 23.5 Å².